The molecular weight excluding hydrogens is 422 g/mol. The summed E-state index contributed by atoms with van der Waals surface area (Å²) in [7, 11) is 0. The summed E-state index contributed by atoms with van der Waals surface area (Å²) < 4.78 is 1.11. The Morgan fingerprint density at radius 2 is 1.34 bits per heavy atom. The number of anilines is 1. The molecule has 29 heavy (non-hydrogen) atoms. The van der Waals surface area contributed by atoms with Crippen LogP contribution in [0.25, 0.3) is 43.1 Å². The van der Waals surface area contributed by atoms with Crippen molar-refractivity contribution in [2.75, 3.05) is 18.5 Å². The Balaban J connectivity index is 1.73. The van der Waals surface area contributed by atoms with Crippen molar-refractivity contribution in [3.05, 3.63) is 65.1 Å². The third-order valence-electron chi connectivity index (χ3n) is 5.97. The highest BCUT2D eigenvalue weighted by molar-refractivity contribution is 9.10. The van der Waals surface area contributed by atoms with E-state index in [1.165, 1.54) is 48.8 Å². The zero-order chi connectivity index (χ0) is 19.8. The molecule has 0 unspecified atom stereocenters. The van der Waals surface area contributed by atoms with Crippen LogP contribution in [0.5, 0.6) is 0 Å². The molecule has 3 heteroatoms. The fourth-order valence-electron chi connectivity index (χ4n) is 4.67. The molecule has 5 rings (SSSR count). The van der Waals surface area contributed by atoms with Crippen LogP contribution in [-0.2, 0) is 0 Å². The molecule has 5 aromatic carbocycles. The lowest BCUT2D eigenvalue weighted by atomic mass is 9.89. The van der Waals surface area contributed by atoms with E-state index in [9.17, 15) is 0 Å². The largest absolute Gasteiger partial charge is 0.396 e. The van der Waals surface area contributed by atoms with Crippen molar-refractivity contribution in [2.24, 2.45) is 0 Å². The van der Waals surface area contributed by atoms with Gasteiger partial charge in [-0.15, -0.1) is 0 Å². The van der Waals surface area contributed by atoms with Crippen LogP contribution < -0.4 is 5.32 Å². The lowest BCUT2D eigenvalue weighted by Gasteiger charge is -2.19. The van der Waals surface area contributed by atoms with E-state index in [4.69, 9.17) is 5.11 Å². The van der Waals surface area contributed by atoms with Crippen LogP contribution in [-0.4, -0.2) is 18.3 Å². The Labute approximate surface area is 179 Å². The van der Waals surface area contributed by atoms with Gasteiger partial charge in [-0.1, -0.05) is 67.4 Å². The van der Waals surface area contributed by atoms with Crippen molar-refractivity contribution in [1.29, 1.82) is 0 Å². The van der Waals surface area contributed by atoms with Gasteiger partial charge in [-0.25, -0.2) is 0 Å². The van der Waals surface area contributed by atoms with Gasteiger partial charge in [0.15, 0.2) is 0 Å². The first kappa shape index (κ1) is 18.7. The summed E-state index contributed by atoms with van der Waals surface area (Å²) in [6, 6.07) is 22.1. The second-order valence-electron chi connectivity index (χ2n) is 7.79. The lowest BCUT2D eigenvalue weighted by molar-refractivity contribution is 0.283. The maximum atomic E-state index is 8.97. The second-order valence-corrected chi connectivity index (χ2v) is 8.64. The molecule has 0 aliphatic carbocycles. The van der Waals surface area contributed by atoms with Gasteiger partial charge in [0.2, 0.25) is 0 Å². The highest BCUT2D eigenvalue weighted by Crippen LogP contribution is 2.45. The maximum Gasteiger partial charge on any atom is 0.0571 e. The molecular formula is C26H24BrNO. The normalized spacial score (nSPS) is 11.9. The molecule has 0 saturated heterocycles. The molecule has 0 aliphatic rings. The van der Waals surface area contributed by atoms with Gasteiger partial charge in [0.05, 0.1) is 5.69 Å². The van der Waals surface area contributed by atoms with E-state index in [2.05, 4.69) is 81.9 Å². The molecule has 0 fully saturated rings. The van der Waals surface area contributed by atoms with Gasteiger partial charge in [-0.05, 0) is 72.5 Å². The van der Waals surface area contributed by atoms with Crippen LogP contribution >= 0.6 is 15.9 Å². The van der Waals surface area contributed by atoms with Gasteiger partial charge < -0.3 is 10.4 Å². The fourth-order valence-corrected chi connectivity index (χ4v) is 5.25. The summed E-state index contributed by atoms with van der Waals surface area (Å²) in [5, 5.41) is 23.2. The average molecular weight is 446 g/mol. The first-order valence-electron chi connectivity index (χ1n) is 10.4. The van der Waals surface area contributed by atoms with Gasteiger partial charge >= 0.3 is 0 Å². The van der Waals surface area contributed by atoms with Crippen LogP contribution in [0.4, 0.5) is 5.69 Å². The molecule has 2 N–H and O–H groups in total. The van der Waals surface area contributed by atoms with Gasteiger partial charge in [-0.3, -0.25) is 0 Å². The minimum absolute atomic E-state index is 0.292. The molecule has 0 saturated carbocycles. The van der Waals surface area contributed by atoms with E-state index in [-0.39, 0.29) is 0 Å². The number of hydrogen-bond acceptors (Lipinski definition) is 2. The van der Waals surface area contributed by atoms with Gasteiger partial charge in [0.25, 0.3) is 0 Å². The number of halogens is 1. The van der Waals surface area contributed by atoms with Crippen molar-refractivity contribution in [2.45, 2.75) is 25.7 Å². The Kier molecular flexibility index (Phi) is 5.03. The van der Waals surface area contributed by atoms with Gasteiger partial charge in [-0.2, -0.15) is 0 Å². The molecule has 0 aliphatic heterocycles. The van der Waals surface area contributed by atoms with Crippen LogP contribution in [0, 0.1) is 0 Å². The maximum absolute atomic E-state index is 8.97. The minimum atomic E-state index is 0.292. The highest BCUT2D eigenvalue weighted by Gasteiger charge is 2.17. The smallest absolute Gasteiger partial charge is 0.0571 e. The Hall–Kier alpha value is -2.36. The number of fused-ring (bicyclic) bond motifs is 2. The van der Waals surface area contributed by atoms with Crippen molar-refractivity contribution >= 4 is 64.7 Å². The highest BCUT2D eigenvalue weighted by atomic mass is 79.9. The van der Waals surface area contributed by atoms with E-state index in [0.29, 0.717) is 6.61 Å². The summed E-state index contributed by atoms with van der Waals surface area (Å²) in [5.74, 6) is 0. The Bertz CT molecular complexity index is 1310. The third-order valence-corrected chi connectivity index (χ3v) is 6.59. The number of rotatable bonds is 7. The molecule has 0 radical (unpaired) electrons. The zero-order valence-electron chi connectivity index (χ0n) is 16.3. The fraction of sp³-hybridized carbons (Fsp3) is 0.231. The predicted octanol–water partition coefficient (Wildman–Crippen LogP) is 7.46. The summed E-state index contributed by atoms with van der Waals surface area (Å²) >= 11 is 3.84. The summed E-state index contributed by atoms with van der Waals surface area (Å²) in [4.78, 5) is 0. The quantitative estimate of drug-likeness (QED) is 0.154. The standard InChI is InChI=1S/C26H24BrNO/c27-22-16-18-10-7-12-20-19-11-5-8-17-9-6-13-21(23(17)19)25(24(18)20)26(22)28-14-3-1-2-4-15-29/h5-13,16,28-29H,1-4,14-15H2. The molecule has 0 aromatic heterocycles. The molecule has 2 nitrogen and oxygen atoms in total. The summed E-state index contributed by atoms with van der Waals surface area (Å²) in [6.07, 6.45) is 4.22. The minimum Gasteiger partial charge on any atom is -0.396 e. The molecule has 0 bridgehead atoms. The number of nitrogens with one attached hydrogen (secondary N) is 1. The predicted molar refractivity (Wildman–Crippen MR) is 129 cm³/mol. The summed E-state index contributed by atoms with van der Waals surface area (Å²) in [5.41, 5.74) is 1.19. The average Bonchev–Trinajstić information content (AvgIpc) is 2.75. The number of hydrogen-bond donors (Lipinski definition) is 2. The summed E-state index contributed by atoms with van der Waals surface area (Å²) in [6.45, 7) is 1.22. The monoisotopic (exact) mass is 445 g/mol. The van der Waals surface area contributed by atoms with Crippen LogP contribution in [0.3, 0.4) is 0 Å². The molecule has 146 valence electrons. The SMILES string of the molecule is OCCCCCCNc1c(Br)cc2cccc3c4cccc5cccc(c1c23)c54. The topological polar surface area (TPSA) is 32.3 Å². The Morgan fingerprint density at radius 1 is 0.690 bits per heavy atom. The molecule has 5 aromatic rings. The van der Waals surface area contributed by atoms with Crippen LogP contribution in [0.15, 0.2) is 65.1 Å². The number of aliphatic hydroxyl groups excluding tert-OH is 1. The van der Waals surface area contributed by atoms with E-state index in [1.807, 2.05) is 0 Å². The zero-order valence-corrected chi connectivity index (χ0v) is 17.9. The Morgan fingerprint density at radius 3 is 2.10 bits per heavy atom. The lowest BCUT2D eigenvalue weighted by Crippen LogP contribution is -2.04. The van der Waals surface area contributed by atoms with Crippen molar-refractivity contribution < 1.29 is 5.11 Å². The van der Waals surface area contributed by atoms with E-state index in [1.54, 1.807) is 0 Å². The number of aliphatic hydroxyl groups is 1. The third kappa shape index (κ3) is 3.13. The van der Waals surface area contributed by atoms with Crippen molar-refractivity contribution in [3.63, 3.8) is 0 Å². The van der Waals surface area contributed by atoms with Crippen molar-refractivity contribution in [3.8, 4) is 0 Å². The first-order chi connectivity index (χ1) is 14.3. The molecule has 0 amide bonds. The number of benzene rings is 5. The molecule has 0 heterocycles. The van der Waals surface area contributed by atoms with E-state index in [0.717, 1.165) is 36.7 Å². The van der Waals surface area contributed by atoms with Gasteiger partial charge in [0, 0.05) is 23.0 Å². The molecule has 0 atom stereocenters. The van der Waals surface area contributed by atoms with E-state index >= 15 is 0 Å². The molecule has 0 spiro atoms. The first-order valence-corrected chi connectivity index (χ1v) is 11.2. The number of unbranched alkanes of at least 4 members (excludes halogenated alkanes) is 3. The van der Waals surface area contributed by atoms with Crippen LogP contribution in [0.1, 0.15) is 25.7 Å². The van der Waals surface area contributed by atoms with Gasteiger partial charge in [0.1, 0.15) is 0 Å². The van der Waals surface area contributed by atoms with Crippen LogP contribution in [0.2, 0.25) is 0 Å². The second kappa shape index (κ2) is 7.81. The van der Waals surface area contributed by atoms with Crippen molar-refractivity contribution in [1.82, 2.24) is 0 Å². The van der Waals surface area contributed by atoms with E-state index < -0.39 is 0 Å².